The number of aromatic nitrogens is 2. The van der Waals surface area contributed by atoms with Crippen LogP contribution in [-0.2, 0) is 6.54 Å². The maximum atomic E-state index is 12.5. The molecule has 1 saturated heterocycles. The minimum atomic E-state index is -2.50. The van der Waals surface area contributed by atoms with Crippen molar-refractivity contribution in [3.63, 3.8) is 0 Å². The third-order valence-electron chi connectivity index (χ3n) is 4.43. The highest BCUT2D eigenvalue weighted by Crippen LogP contribution is 2.27. The molecule has 1 aromatic carbocycles. The monoisotopic (exact) mass is 348 g/mol. The van der Waals surface area contributed by atoms with E-state index < -0.39 is 13.0 Å². The molecule has 0 spiro atoms. The van der Waals surface area contributed by atoms with Crippen LogP contribution in [0.15, 0.2) is 24.4 Å². The molecule has 0 radical (unpaired) electrons. The first-order valence-corrected chi connectivity index (χ1v) is 8.43. The molecule has 0 saturated carbocycles. The summed E-state index contributed by atoms with van der Waals surface area (Å²) >= 11 is 0. The number of rotatable bonds is 5. The van der Waals surface area contributed by atoms with E-state index in [2.05, 4.69) is 22.2 Å². The molecule has 1 N–H and O–H groups in total. The Balaban J connectivity index is 1.77. The molecule has 1 amide bonds. The first kappa shape index (κ1) is 17.4. The van der Waals surface area contributed by atoms with Crippen LogP contribution >= 0.6 is 0 Å². The molecule has 0 aliphatic carbocycles. The number of alkyl halides is 2. The molecule has 5 nitrogen and oxygen atoms in total. The third kappa shape index (κ3) is 3.97. The molecule has 3 rings (SSSR count). The van der Waals surface area contributed by atoms with Gasteiger partial charge < -0.3 is 10.2 Å². The van der Waals surface area contributed by atoms with Gasteiger partial charge in [-0.3, -0.25) is 9.48 Å². The Morgan fingerprint density at radius 3 is 2.68 bits per heavy atom. The fourth-order valence-corrected chi connectivity index (χ4v) is 3.16. The quantitative estimate of drug-likeness (QED) is 0.898. The first-order chi connectivity index (χ1) is 11.9. The average molecular weight is 348 g/mol. The Labute approximate surface area is 145 Å². The molecule has 1 aliphatic rings. The molecule has 1 fully saturated rings. The van der Waals surface area contributed by atoms with Gasteiger partial charge in [0.05, 0.1) is 11.3 Å². The summed E-state index contributed by atoms with van der Waals surface area (Å²) in [6, 6.07) is 5.81. The fourth-order valence-electron chi connectivity index (χ4n) is 3.16. The number of hydrogen-bond donors (Lipinski definition) is 1. The molecule has 2 heterocycles. The molecule has 2 aromatic rings. The molecule has 0 unspecified atom stereocenters. The smallest absolute Gasteiger partial charge is 0.259 e. The average Bonchev–Trinajstić information content (AvgIpc) is 3.18. The van der Waals surface area contributed by atoms with Crippen LogP contribution in [0.1, 0.15) is 34.5 Å². The van der Waals surface area contributed by atoms with E-state index in [1.807, 2.05) is 18.2 Å². The zero-order chi connectivity index (χ0) is 18.0. The van der Waals surface area contributed by atoms with Crippen molar-refractivity contribution in [1.82, 2.24) is 9.78 Å². The Morgan fingerprint density at radius 1 is 1.28 bits per heavy atom. The predicted molar refractivity (Wildman–Crippen MR) is 93.5 cm³/mol. The first-order valence-electron chi connectivity index (χ1n) is 8.43. The van der Waals surface area contributed by atoms with Crippen LogP contribution in [-0.4, -0.2) is 35.2 Å². The predicted octanol–water partition coefficient (Wildman–Crippen LogP) is 3.62. The summed E-state index contributed by atoms with van der Waals surface area (Å²) in [7, 11) is 0. The van der Waals surface area contributed by atoms with Crippen LogP contribution in [0.4, 0.5) is 20.2 Å². The largest absolute Gasteiger partial charge is 0.371 e. The number of carbonyl (C=O) groups excluding carboxylic acids is 1. The van der Waals surface area contributed by atoms with E-state index in [4.69, 9.17) is 0 Å². The summed E-state index contributed by atoms with van der Waals surface area (Å²) in [4.78, 5) is 14.8. The van der Waals surface area contributed by atoms with Gasteiger partial charge in [0.1, 0.15) is 6.54 Å². The van der Waals surface area contributed by atoms with Crippen LogP contribution in [0.25, 0.3) is 0 Å². The maximum absolute atomic E-state index is 12.5. The zero-order valence-corrected chi connectivity index (χ0v) is 14.4. The van der Waals surface area contributed by atoms with Crippen molar-refractivity contribution < 1.29 is 13.6 Å². The Morgan fingerprint density at radius 2 is 2.00 bits per heavy atom. The number of anilines is 2. The van der Waals surface area contributed by atoms with Crippen molar-refractivity contribution in [3.05, 3.63) is 41.2 Å². The van der Waals surface area contributed by atoms with E-state index in [0.717, 1.165) is 23.5 Å². The van der Waals surface area contributed by atoms with Gasteiger partial charge in [-0.1, -0.05) is 6.07 Å². The lowest BCUT2D eigenvalue weighted by Gasteiger charge is -2.21. The highest BCUT2D eigenvalue weighted by molar-refractivity contribution is 6.05. The number of carbonyl (C=O) groups is 1. The summed E-state index contributed by atoms with van der Waals surface area (Å²) in [5.41, 5.74) is 3.73. The SMILES string of the molecule is Cc1ccc(NC(=O)c2cn(CC(F)F)nc2C)cc1N1CCCC1. The minimum Gasteiger partial charge on any atom is -0.371 e. The van der Waals surface area contributed by atoms with Crippen LogP contribution in [0.3, 0.4) is 0 Å². The number of benzene rings is 1. The van der Waals surface area contributed by atoms with E-state index in [0.29, 0.717) is 16.9 Å². The van der Waals surface area contributed by atoms with E-state index in [1.54, 1.807) is 6.92 Å². The Hall–Kier alpha value is -2.44. The van der Waals surface area contributed by atoms with Crippen LogP contribution < -0.4 is 10.2 Å². The fraction of sp³-hybridized carbons (Fsp3) is 0.444. The lowest BCUT2D eigenvalue weighted by Crippen LogP contribution is -2.19. The number of amides is 1. The van der Waals surface area contributed by atoms with Gasteiger partial charge in [0.15, 0.2) is 0 Å². The second kappa shape index (κ2) is 7.21. The van der Waals surface area contributed by atoms with Gasteiger partial charge in [-0.05, 0) is 44.4 Å². The van der Waals surface area contributed by atoms with Gasteiger partial charge in [-0.15, -0.1) is 0 Å². The summed E-state index contributed by atoms with van der Waals surface area (Å²) in [5, 5.41) is 6.83. The molecular formula is C18H22F2N4O. The molecule has 1 aliphatic heterocycles. The van der Waals surface area contributed by atoms with Crippen molar-refractivity contribution in [1.29, 1.82) is 0 Å². The number of hydrogen-bond acceptors (Lipinski definition) is 3. The summed E-state index contributed by atoms with van der Waals surface area (Å²) < 4.78 is 26.1. The highest BCUT2D eigenvalue weighted by atomic mass is 19.3. The standard InChI is InChI=1S/C18H22F2N4O/c1-12-5-6-14(9-16(12)23-7-3-4-8-23)21-18(25)15-10-24(11-17(19)20)22-13(15)2/h5-6,9-10,17H,3-4,7-8,11H2,1-2H3,(H,21,25). The summed E-state index contributed by atoms with van der Waals surface area (Å²) in [6.07, 6.45) is 1.22. The van der Waals surface area contributed by atoms with Crippen molar-refractivity contribution in [3.8, 4) is 0 Å². The van der Waals surface area contributed by atoms with E-state index >= 15 is 0 Å². The molecule has 0 atom stereocenters. The number of halogens is 2. The second-order valence-electron chi connectivity index (χ2n) is 6.39. The number of nitrogens with one attached hydrogen (secondary N) is 1. The van der Waals surface area contributed by atoms with E-state index in [9.17, 15) is 13.6 Å². The van der Waals surface area contributed by atoms with Gasteiger partial charge in [0.25, 0.3) is 12.3 Å². The Bertz CT molecular complexity index is 766. The molecule has 7 heteroatoms. The molecule has 0 bridgehead atoms. The van der Waals surface area contributed by atoms with Crippen LogP contribution in [0.5, 0.6) is 0 Å². The van der Waals surface area contributed by atoms with E-state index in [-0.39, 0.29) is 5.91 Å². The molecular weight excluding hydrogens is 326 g/mol. The molecule has 25 heavy (non-hydrogen) atoms. The zero-order valence-electron chi connectivity index (χ0n) is 14.4. The number of nitrogens with zero attached hydrogens (tertiary/aromatic N) is 3. The van der Waals surface area contributed by atoms with Gasteiger partial charge in [-0.2, -0.15) is 5.10 Å². The minimum absolute atomic E-state index is 0.309. The third-order valence-corrected chi connectivity index (χ3v) is 4.43. The summed E-state index contributed by atoms with van der Waals surface area (Å²) in [5.74, 6) is -0.339. The van der Waals surface area contributed by atoms with E-state index in [1.165, 1.54) is 24.6 Å². The highest BCUT2D eigenvalue weighted by Gasteiger charge is 2.18. The summed E-state index contributed by atoms with van der Waals surface area (Å²) in [6.45, 7) is 5.23. The maximum Gasteiger partial charge on any atom is 0.259 e. The lowest BCUT2D eigenvalue weighted by molar-refractivity contribution is 0.102. The topological polar surface area (TPSA) is 50.2 Å². The van der Waals surface area contributed by atoms with Gasteiger partial charge in [0.2, 0.25) is 0 Å². The van der Waals surface area contributed by atoms with Crippen LogP contribution in [0, 0.1) is 13.8 Å². The Kier molecular flexibility index (Phi) is 5.01. The lowest BCUT2D eigenvalue weighted by atomic mass is 10.1. The van der Waals surface area contributed by atoms with Crippen molar-refractivity contribution >= 4 is 17.3 Å². The normalized spacial score (nSPS) is 14.4. The van der Waals surface area contributed by atoms with Gasteiger partial charge in [0, 0.05) is 30.7 Å². The van der Waals surface area contributed by atoms with Crippen molar-refractivity contribution in [2.75, 3.05) is 23.3 Å². The van der Waals surface area contributed by atoms with Gasteiger partial charge in [-0.25, -0.2) is 8.78 Å². The number of aryl methyl sites for hydroxylation is 2. The van der Waals surface area contributed by atoms with Crippen molar-refractivity contribution in [2.45, 2.75) is 39.7 Å². The molecule has 1 aromatic heterocycles. The molecule has 134 valence electrons. The van der Waals surface area contributed by atoms with Crippen molar-refractivity contribution in [2.24, 2.45) is 0 Å². The van der Waals surface area contributed by atoms with Gasteiger partial charge >= 0.3 is 0 Å². The van der Waals surface area contributed by atoms with Crippen LogP contribution in [0.2, 0.25) is 0 Å². The second-order valence-corrected chi connectivity index (χ2v) is 6.39.